The van der Waals surface area contributed by atoms with Gasteiger partial charge in [0.05, 0.1) is 0 Å². The van der Waals surface area contributed by atoms with E-state index in [-0.39, 0.29) is 17.5 Å². The van der Waals surface area contributed by atoms with Gasteiger partial charge in [0.25, 0.3) is 0 Å². The lowest BCUT2D eigenvalue weighted by atomic mass is 9.53. The van der Waals surface area contributed by atoms with Crippen molar-refractivity contribution in [2.24, 2.45) is 23.7 Å². The topological polar surface area (TPSA) is 52.6 Å². The Balaban J connectivity index is 1.16. The number of rotatable bonds is 4. The average molecular weight is 445 g/mol. The first-order valence-electron chi connectivity index (χ1n) is 12.9. The smallest absolute Gasteiger partial charge is 0.317 e. The summed E-state index contributed by atoms with van der Waals surface area (Å²) in [6, 6.07) is 20.2. The highest BCUT2D eigenvalue weighted by Crippen LogP contribution is 2.55. The van der Waals surface area contributed by atoms with Gasteiger partial charge in [-0.15, -0.1) is 0 Å². The normalized spacial score (nSPS) is 31.5. The van der Waals surface area contributed by atoms with Crippen molar-refractivity contribution in [1.82, 2.24) is 10.2 Å². The van der Waals surface area contributed by atoms with Gasteiger partial charge in [-0.1, -0.05) is 60.7 Å². The minimum absolute atomic E-state index is 0.0531. The van der Waals surface area contributed by atoms with E-state index in [4.69, 9.17) is 0 Å². The Kier molecular flexibility index (Phi) is 5.25. The molecular formula is C29H36N2O2. The van der Waals surface area contributed by atoms with Crippen LogP contribution in [-0.2, 0) is 5.60 Å². The fourth-order valence-corrected chi connectivity index (χ4v) is 8.09. The zero-order valence-electron chi connectivity index (χ0n) is 19.5. The second-order valence-electron chi connectivity index (χ2n) is 11.4. The maximum Gasteiger partial charge on any atom is 0.317 e. The molecule has 4 aliphatic carbocycles. The molecule has 0 radical (unpaired) electrons. The van der Waals surface area contributed by atoms with E-state index < -0.39 is 5.60 Å². The van der Waals surface area contributed by atoms with Crippen molar-refractivity contribution in [2.45, 2.75) is 62.5 Å². The van der Waals surface area contributed by atoms with Crippen LogP contribution in [0.25, 0.3) is 0 Å². The molecule has 0 aromatic heterocycles. The molecule has 0 atom stereocenters. The van der Waals surface area contributed by atoms with E-state index in [1.54, 1.807) is 0 Å². The lowest BCUT2D eigenvalue weighted by molar-refractivity contribution is -0.0222. The first-order chi connectivity index (χ1) is 16.0. The van der Waals surface area contributed by atoms with Gasteiger partial charge in [0.1, 0.15) is 5.60 Å². The van der Waals surface area contributed by atoms with Gasteiger partial charge in [0.2, 0.25) is 0 Å². The Bertz CT molecular complexity index is 906. The molecular weight excluding hydrogens is 408 g/mol. The fraction of sp³-hybridized carbons (Fsp3) is 0.552. The van der Waals surface area contributed by atoms with Gasteiger partial charge >= 0.3 is 6.03 Å². The highest BCUT2D eigenvalue weighted by atomic mass is 16.3. The van der Waals surface area contributed by atoms with Gasteiger partial charge in [-0.3, -0.25) is 0 Å². The van der Waals surface area contributed by atoms with E-state index in [9.17, 15) is 9.90 Å². The van der Waals surface area contributed by atoms with E-state index >= 15 is 0 Å². The molecule has 4 saturated carbocycles. The lowest BCUT2D eigenvalue weighted by Gasteiger charge is -2.57. The van der Waals surface area contributed by atoms with Crippen LogP contribution in [0, 0.1) is 23.7 Å². The van der Waals surface area contributed by atoms with Crippen LogP contribution in [0.3, 0.4) is 0 Å². The van der Waals surface area contributed by atoms with E-state index in [0.717, 1.165) is 41.7 Å². The second kappa shape index (κ2) is 8.16. The molecule has 5 fully saturated rings. The highest BCUT2D eigenvalue weighted by molar-refractivity contribution is 5.75. The second-order valence-corrected chi connectivity index (χ2v) is 11.4. The molecule has 2 aromatic carbocycles. The third kappa shape index (κ3) is 3.77. The van der Waals surface area contributed by atoms with Crippen LogP contribution in [0.2, 0.25) is 0 Å². The zero-order chi connectivity index (χ0) is 22.5. The molecule has 1 saturated heterocycles. The van der Waals surface area contributed by atoms with E-state index in [2.05, 4.69) is 5.32 Å². The lowest BCUT2D eigenvalue weighted by Crippen LogP contribution is -2.62. The average Bonchev–Trinajstić information content (AvgIpc) is 2.83. The summed E-state index contributed by atoms with van der Waals surface area (Å²) in [6.45, 7) is 1.40. The molecule has 7 rings (SSSR count). The maximum absolute atomic E-state index is 13.3. The molecule has 0 spiro atoms. The molecule has 2 amide bonds. The van der Waals surface area contributed by atoms with Gasteiger partial charge in [-0.05, 0) is 86.2 Å². The van der Waals surface area contributed by atoms with Crippen molar-refractivity contribution in [1.29, 1.82) is 0 Å². The third-order valence-electron chi connectivity index (χ3n) is 9.21. The summed E-state index contributed by atoms with van der Waals surface area (Å²) < 4.78 is 0. The molecule has 33 heavy (non-hydrogen) atoms. The highest BCUT2D eigenvalue weighted by Gasteiger charge is 2.52. The molecule has 1 heterocycles. The van der Waals surface area contributed by atoms with E-state index in [1.165, 1.54) is 38.5 Å². The Morgan fingerprint density at radius 1 is 0.818 bits per heavy atom. The van der Waals surface area contributed by atoms with Gasteiger partial charge < -0.3 is 15.3 Å². The molecule has 4 heteroatoms. The summed E-state index contributed by atoms with van der Waals surface area (Å²) in [5.74, 6) is 2.56. The minimum Gasteiger partial charge on any atom is -0.380 e. The number of carbonyl (C=O) groups excluding carboxylic acids is 1. The Morgan fingerprint density at radius 2 is 1.27 bits per heavy atom. The summed E-state index contributed by atoms with van der Waals surface area (Å²) in [5, 5.41) is 15.6. The van der Waals surface area contributed by atoms with Crippen LogP contribution in [0.1, 0.15) is 62.5 Å². The number of nitrogens with zero attached hydrogens (tertiary/aromatic N) is 1. The monoisotopic (exact) mass is 444 g/mol. The number of likely N-dealkylation sites (tertiary alicyclic amines) is 1. The Hall–Kier alpha value is -2.33. The SMILES string of the molecule is O=C(NC12CC3CC(CC(C3)C1)C2)N1CCC(C(O)(c2ccccc2)c2ccccc2)CC1. The summed E-state index contributed by atoms with van der Waals surface area (Å²) in [5.41, 5.74) is 0.892. The number of piperidine rings is 1. The summed E-state index contributed by atoms with van der Waals surface area (Å²) >= 11 is 0. The number of urea groups is 1. The summed E-state index contributed by atoms with van der Waals surface area (Å²) in [4.78, 5) is 15.3. The first kappa shape index (κ1) is 21.2. The third-order valence-corrected chi connectivity index (χ3v) is 9.21. The number of aliphatic hydroxyl groups is 1. The van der Waals surface area contributed by atoms with Crippen molar-refractivity contribution in [3.8, 4) is 0 Å². The summed E-state index contributed by atoms with van der Waals surface area (Å²) in [7, 11) is 0. The van der Waals surface area contributed by atoms with Crippen LogP contribution in [-0.4, -0.2) is 34.7 Å². The van der Waals surface area contributed by atoms with Crippen molar-refractivity contribution in [2.75, 3.05) is 13.1 Å². The van der Waals surface area contributed by atoms with Crippen LogP contribution >= 0.6 is 0 Å². The quantitative estimate of drug-likeness (QED) is 0.671. The number of hydrogen-bond donors (Lipinski definition) is 2. The summed E-state index contributed by atoms with van der Waals surface area (Å²) in [6.07, 6.45) is 9.31. The fourth-order valence-electron chi connectivity index (χ4n) is 8.09. The predicted octanol–water partition coefficient (Wildman–Crippen LogP) is 5.31. The Labute approximate surface area is 197 Å². The minimum atomic E-state index is -1.04. The standard InChI is InChI=1S/C29H36N2O2/c32-27(30-28-18-21-15-22(19-28)17-23(16-21)20-28)31-13-11-26(12-14-31)29(33,24-7-3-1-4-8-24)25-9-5-2-6-10-25/h1-10,21-23,26,33H,11-20H2,(H,30,32). The molecule has 1 aliphatic heterocycles. The maximum atomic E-state index is 13.3. The molecule has 2 aromatic rings. The largest absolute Gasteiger partial charge is 0.380 e. The molecule has 5 aliphatic rings. The molecule has 4 bridgehead atoms. The van der Waals surface area contributed by atoms with Gasteiger partial charge in [-0.25, -0.2) is 4.79 Å². The van der Waals surface area contributed by atoms with Crippen molar-refractivity contribution in [3.63, 3.8) is 0 Å². The van der Waals surface area contributed by atoms with Crippen molar-refractivity contribution >= 4 is 6.03 Å². The number of benzene rings is 2. The van der Waals surface area contributed by atoms with Crippen molar-refractivity contribution < 1.29 is 9.90 Å². The van der Waals surface area contributed by atoms with Crippen LogP contribution in [0.15, 0.2) is 60.7 Å². The van der Waals surface area contributed by atoms with Crippen LogP contribution in [0.5, 0.6) is 0 Å². The Morgan fingerprint density at radius 3 is 1.73 bits per heavy atom. The number of hydrogen-bond acceptors (Lipinski definition) is 2. The molecule has 2 N–H and O–H groups in total. The van der Waals surface area contributed by atoms with Crippen LogP contribution in [0.4, 0.5) is 4.79 Å². The number of carbonyl (C=O) groups is 1. The van der Waals surface area contributed by atoms with E-state index in [0.29, 0.717) is 13.1 Å². The zero-order valence-corrected chi connectivity index (χ0v) is 19.5. The number of nitrogens with one attached hydrogen (secondary N) is 1. The first-order valence-corrected chi connectivity index (χ1v) is 12.9. The predicted molar refractivity (Wildman–Crippen MR) is 130 cm³/mol. The van der Waals surface area contributed by atoms with Crippen molar-refractivity contribution in [3.05, 3.63) is 71.8 Å². The molecule has 4 nitrogen and oxygen atoms in total. The molecule has 174 valence electrons. The van der Waals surface area contributed by atoms with Gasteiger partial charge in [0, 0.05) is 18.6 Å². The van der Waals surface area contributed by atoms with Gasteiger partial charge in [0.15, 0.2) is 0 Å². The number of amides is 2. The van der Waals surface area contributed by atoms with Gasteiger partial charge in [-0.2, -0.15) is 0 Å². The molecule has 0 unspecified atom stereocenters. The van der Waals surface area contributed by atoms with E-state index in [1.807, 2.05) is 65.6 Å². The van der Waals surface area contributed by atoms with Crippen LogP contribution < -0.4 is 5.32 Å².